The molecule has 1 aromatic heterocycles. The molecule has 1 aliphatic rings. The third-order valence-electron chi connectivity index (χ3n) is 5.21. The van der Waals surface area contributed by atoms with E-state index in [0.717, 1.165) is 18.2 Å². The Morgan fingerprint density at radius 1 is 0.939 bits per heavy atom. The smallest absolute Gasteiger partial charge is 0.239 e. The number of phenols is 4. The van der Waals surface area contributed by atoms with Crippen molar-refractivity contribution in [3.8, 4) is 45.8 Å². The lowest BCUT2D eigenvalue weighted by Crippen LogP contribution is -2.36. The van der Waals surface area contributed by atoms with Gasteiger partial charge in [0.05, 0.1) is 13.7 Å². The highest BCUT2D eigenvalue weighted by Crippen LogP contribution is 2.44. The number of phenolic OH excluding ortho intramolecular Hbond substituents is 4. The second kappa shape index (κ2) is 8.33. The molecule has 0 amide bonds. The minimum Gasteiger partial charge on any atom is -0.507 e. The molecule has 1 aliphatic heterocycles. The van der Waals surface area contributed by atoms with Crippen molar-refractivity contribution in [1.82, 2.24) is 0 Å². The van der Waals surface area contributed by atoms with Crippen LogP contribution in [0.2, 0.25) is 0 Å². The van der Waals surface area contributed by atoms with Crippen molar-refractivity contribution >= 4 is 11.0 Å². The van der Waals surface area contributed by atoms with Crippen LogP contribution in [0.4, 0.5) is 0 Å². The second-order valence-corrected chi connectivity index (χ2v) is 7.27. The van der Waals surface area contributed by atoms with E-state index in [1.165, 1.54) is 13.2 Å². The topological polar surface area (TPSA) is 200 Å². The van der Waals surface area contributed by atoms with Gasteiger partial charge in [-0.05, 0) is 18.2 Å². The normalized spacial score (nSPS) is 22.5. The largest absolute Gasteiger partial charge is 0.507 e. The van der Waals surface area contributed by atoms with Gasteiger partial charge in [0.25, 0.3) is 0 Å². The molecule has 0 spiro atoms. The molecule has 12 heteroatoms. The zero-order valence-corrected chi connectivity index (χ0v) is 17.0. The monoisotopic (exact) mass is 464 g/mol. The maximum atomic E-state index is 13.4. The highest BCUT2D eigenvalue weighted by molar-refractivity contribution is 5.93. The molecule has 0 unspecified atom stereocenters. The fraction of sp³-hybridized carbons (Fsp3) is 0.286. The summed E-state index contributed by atoms with van der Waals surface area (Å²) in [6, 6.07) is 4.31. The van der Waals surface area contributed by atoms with Crippen LogP contribution in [-0.2, 0) is 4.74 Å². The Balaban J connectivity index is 1.98. The van der Waals surface area contributed by atoms with Gasteiger partial charge in [-0.2, -0.15) is 0 Å². The van der Waals surface area contributed by atoms with E-state index in [0.29, 0.717) is 0 Å². The summed E-state index contributed by atoms with van der Waals surface area (Å²) >= 11 is 0. The Morgan fingerprint density at radius 2 is 1.67 bits per heavy atom. The Bertz CT molecular complexity index is 1270. The van der Waals surface area contributed by atoms with Crippen molar-refractivity contribution < 1.29 is 54.4 Å². The van der Waals surface area contributed by atoms with Crippen LogP contribution >= 0.6 is 0 Å². The van der Waals surface area contributed by atoms with Crippen molar-refractivity contribution in [3.05, 3.63) is 34.5 Å². The first-order valence-corrected chi connectivity index (χ1v) is 9.59. The van der Waals surface area contributed by atoms with E-state index < -0.39 is 70.8 Å². The molecule has 12 nitrogen and oxygen atoms in total. The number of fused-ring (bicyclic) bond motifs is 1. The molecule has 7 N–H and O–H groups in total. The van der Waals surface area contributed by atoms with Crippen LogP contribution in [0.5, 0.6) is 34.5 Å². The molecule has 0 radical (unpaired) electrons. The van der Waals surface area contributed by atoms with Crippen molar-refractivity contribution in [3.63, 3.8) is 0 Å². The van der Waals surface area contributed by atoms with Gasteiger partial charge in [0, 0.05) is 11.6 Å². The number of rotatable bonds is 5. The molecule has 1 fully saturated rings. The van der Waals surface area contributed by atoms with E-state index in [1.807, 2.05) is 0 Å². The van der Waals surface area contributed by atoms with Crippen LogP contribution in [0.1, 0.15) is 0 Å². The summed E-state index contributed by atoms with van der Waals surface area (Å²) in [7, 11) is 1.20. The van der Waals surface area contributed by atoms with Gasteiger partial charge in [0.1, 0.15) is 29.4 Å². The van der Waals surface area contributed by atoms with Crippen molar-refractivity contribution in [2.45, 2.75) is 24.6 Å². The van der Waals surface area contributed by atoms with Crippen LogP contribution in [0, 0.1) is 0 Å². The predicted molar refractivity (Wildman–Crippen MR) is 110 cm³/mol. The zero-order valence-electron chi connectivity index (χ0n) is 17.0. The molecule has 0 bridgehead atoms. The lowest BCUT2D eigenvalue weighted by atomic mass is 10.1. The summed E-state index contributed by atoms with van der Waals surface area (Å²) < 4.78 is 21.6. The second-order valence-electron chi connectivity index (χ2n) is 7.27. The SMILES string of the molecule is COc1c(O)cc(O)c2c(=O)c(O[C@H]3O[C@@H](CO)[C@H](O)[C@H]3O)c(-c3ccc(O)c(O)c3)oc12. The van der Waals surface area contributed by atoms with E-state index in [-0.39, 0.29) is 22.7 Å². The number of aliphatic hydroxyl groups excluding tert-OH is 3. The number of benzene rings is 2. The minimum atomic E-state index is -1.65. The molecule has 176 valence electrons. The molecular formula is C21H20O12. The highest BCUT2D eigenvalue weighted by Gasteiger charge is 2.45. The minimum absolute atomic E-state index is 0.0240. The molecular weight excluding hydrogens is 444 g/mol. The lowest BCUT2D eigenvalue weighted by Gasteiger charge is -2.19. The van der Waals surface area contributed by atoms with Gasteiger partial charge >= 0.3 is 0 Å². The van der Waals surface area contributed by atoms with E-state index in [2.05, 4.69) is 0 Å². The van der Waals surface area contributed by atoms with Crippen molar-refractivity contribution in [2.75, 3.05) is 13.7 Å². The first-order chi connectivity index (χ1) is 15.7. The first kappa shape index (κ1) is 22.5. The summed E-state index contributed by atoms with van der Waals surface area (Å²) in [6.45, 7) is -0.639. The van der Waals surface area contributed by atoms with Gasteiger partial charge in [-0.1, -0.05) is 0 Å². The molecule has 0 saturated carbocycles. The Kier molecular flexibility index (Phi) is 5.68. The third kappa shape index (κ3) is 3.64. The molecule has 4 rings (SSSR count). The van der Waals surface area contributed by atoms with E-state index >= 15 is 0 Å². The van der Waals surface area contributed by atoms with Gasteiger partial charge in [-0.3, -0.25) is 4.79 Å². The standard InChI is InChI=1S/C21H20O12/c1-30-18-11(26)5-10(25)13-15(28)20(33-21-16(29)14(27)12(6-22)31-21)17(32-19(13)18)7-2-3-8(23)9(24)4-7/h2-5,12,14,16,21-27,29H,6H2,1H3/t12-,14-,16+,21+/m0/s1. The molecule has 3 aromatic rings. The van der Waals surface area contributed by atoms with Gasteiger partial charge in [0.15, 0.2) is 28.6 Å². The third-order valence-corrected chi connectivity index (χ3v) is 5.21. The van der Waals surface area contributed by atoms with E-state index in [9.17, 15) is 40.5 Å². The maximum absolute atomic E-state index is 13.4. The summed E-state index contributed by atoms with van der Waals surface area (Å²) in [4.78, 5) is 13.4. The fourth-order valence-electron chi connectivity index (χ4n) is 3.53. The summed E-state index contributed by atoms with van der Waals surface area (Å²) in [5.74, 6) is -3.41. The van der Waals surface area contributed by atoms with Crippen LogP contribution in [0.15, 0.2) is 33.5 Å². The molecule has 33 heavy (non-hydrogen) atoms. The van der Waals surface area contributed by atoms with E-state index in [4.69, 9.17) is 18.6 Å². The van der Waals surface area contributed by atoms with Crippen molar-refractivity contribution in [2.24, 2.45) is 0 Å². The molecule has 1 saturated heterocycles. The number of aliphatic hydroxyl groups is 3. The molecule has 0 aliphatic carbocycles. The molecule has 2 aromatic carbocycles. The van der Waals surface area contributed by atoms with Crippen molar-refractivity contribution in [1.29, 1.82) is 0 Å². The Hall–Kier alpha value is -3.71. The van der Waals surface area contributed by atoms with E-state index in [1.54, 1.807) is 0 Å². The quantitative estimate of drug-likeness (QED) is 0.252. The van der Waals surface area contributed by atoms with Gasteiger partial charge in [-0.25, -0.2) is 0 Å². The van der Waals surface area contributed by atoms with Gasteiger partial charge in [0.2, 0.25) is 23.2 Å². The fourth-order valence-corrected chi connectivity index (χ4v) is 3.53. The summed E-state index contributed by atoms with van der Waals surface area (Å²) in [5, 5.41) is 69.0. The number of hydrogen-bond donors (Lipinski definition) is 7. The number of aromatic hydroxyl groups is 4. The first-order valence-electron chi connectivity index (χ1n) is 9.59. The Morgan fingerprint density at radius 3 is 2.27 bits per heavy atom. The predicted octanol–water partition coefficient (Wildman–Crippen LogP) is 0.109. The number of hydrogen-bond acceptors (Lipinski definition) is 12. The van der Waals surface area contributed by atoms with Gasteiger partial charge in [-0.15, -0.1) is 0 Å². The van der Waals surface area contributed by atoms with Crippen LogP contribution < -0.4 is 14.9 Å². The number of methoxy groups -OCH3 is 1. The lowest BCUT2D eigenvalue weighted by molar-refractivity contribution is -0.117. The average Bonchev–Trinajstić information content (AvgIpc) is 3.05. The average molecular weight is 464 g/mol. The highest BCUT2D eigenvalue weighted by atomic mass is 16.7. The van der Waals surface area contributed by atoms with Crippen LogP contribution in [0.25, 0.3) is 22.3 Å². The number of ether oxygens (including phenoxy) is 3. The zero-order chi connectivity index (χ0) is 24.0. The maximum Gasteiger partial charge on any atom is 0.239 e. The van der Waals surface area contributed by atoms with Crippen LogP contribution in [0.3, 0.4) is 0 Å². The van der Waals surface area contributed by atoms with Crippen LogP contribution in [-0.4, -0.2) is 74.1 Å². The Labute approximate surface area is 184 Å². The molecule has 4 atom stereocenters. The summed E-state index contributed by atoms with van der Waals surface area (Å²) in [6.07, 6.45) is -5.97. The summed E-state index contributed by atoms with van der Waals surface area (Å²) in [5.41, 5.74) is -1.29. The molecule has 2 heterocycles. The van der Waals surface area contributed by atoms with Gasteiger partial charge < -0.3 is 54.4 Å².